The van der Waals surface area contributed by atoms with Crippen LogP contribution in [0.2, 0.25) is 0 Å². The van der Waals surface area contributed by atoms with Gasteiger partial charge in [-0.15, -0.1) is 0 Å². The van der Waals surface area contributed by atoms with Crippen molar-refractivity contribution in [3.05, 3.63) is 24.3 Å². The number of anilines is 1. The molecule has 0 saturated carbocycles. The Morgan fingerprint density at radius 3 is 2.16 bits per heavy atom. The zero-order chi connectivity index (χ0) is 19.0. The number of nitrogens with zero attached hydrogens (tertiary/aromatic N) is 2. The fourth-order valence-corrected chi connectivity index (χ4v) is 4.10. The molecule has 0 heterocycles. The molecule has 142 valence electrons. The van der Waals surface area contributed by atoms with Gasteiger partial charge in [-0.1, -0.05) is 27.2 Å². The lowest BCUT2D eigenvalue weighted by Crippen LogP contribution is -2.36. The maximum atomic E-state index is 12.4. The number of hydrogen-bond acceptors (Lipinski definition) is 4. The van der Waals surface area contributed by atoms with Crippen molar-refractivity contribution in [2.75, 3.05) is 32.0 Å². The minimum absolute atomic E-state index is 0.107. The third-order valence-electron chi connectivity index (χ3n) is 4.33. The fraction of sp³-hybridized carbons (Fsp3) is 0.611. The number of amides is 1. The summed E-state index contributed by atoms with van der Waals surface area (Å²) in [5.41, 5.74) is 0.597. The molecule has 1 N–H and O–H groups in total. The monoisotopic (exact) mass is 369 g/mol. The van der Waals surface area contributed by atoms with Crippen LogP contribution in [0.3, 0.4) is 0 Å². The van der Waals surface area contributed by atoms with Crippen LogP contribution in [0.5, 0.6) is 0 Å². The standard InChI is InChI=1S/C18H31N3O3S/c1-6-9-15(4)20(5)14-18(22)19-16-10-12-17(13-11-16)25(23,24)21(7-2)8-3/h10-13,15H,6-9,14H2,1-5H3,(H,19,22). The Morgan fingerprint density at radius 1 is 1.12 bits per heavy atom. The lowest BCUT2D eigenvalue weighted by atomic mass is 10.2. The molecule has 25 heavy (non-hydrogen) atoms. The van der Waals surface area contributed by atoms with E-state index in [1.54, 1.807) is 12.1 Å². The summed E-state index contributed by atoms with van der Waals surface area (Å²) in [6.45, 7) is 9.01. The summed E-state index contributed by atoms with van der Waals surface area (Å²) in [7, 11) is -1.54. The van der Waals surface area contributed by atoms with Gasteiger partial charge in [0.15, 0.2) is 0 Å². The molecule has 0 radical (unpaired) electrons. The van der Waals surface area contributed by atoms with E-state index in [4.69, 9.17) is 0 Å². The second kappa shape index (κ2) is 9.89. The molecule has 7 heteroatoms. The van der Waals surface area contributed by atoms with Gasteiger partial charge in [0, 0.05) is 24.8 Å². The van der Waals surface area contributed by atoms with Gasteiger partial charge in [0.1, 0.15) is 0 Å². The fourth-order valence-electron chi connectivity index (χ4n) is 2.64. The highest BCUT2D eigenvalue weighted by molar-refractivity contribution is 7.89. The summed E-state index contributed by atoms with van der Waals surface area (Å²) in [6.07, 6.45) is 2.12. The van der Waals surface area contributed by atoms with Crippen LogP contribution in [0.1, 0.15) is 40.5 Å². The van der Waals surface area contributed by atoms with Crippen LogP contribution in [0.15, 0.2) is 29.2 Å². The van der Waals surface area contributed by atoms with Crippen LogP contribution in [0.25, 0.3) is 0 Å². The minimum atomic E-state index is -3.47. The van der Waals surface area contributed by atoms with Crippen molar-refractivity contribution in [3.63, 3.8) is 0 Å². The third-order valence-corrected chi connectivity index (χ3v) is 6.40. The Bertz CT molecular complexity index is 640. The smallest absolute Gasteiger partial charge is 0.243 e. The maximum Gasteiger partial charge on any atom is 0.243 e. The van der Waals surface area contributed by atoms with Crippen molar-refractivity contribution in [2.24, 2.45) is 0 Å². The lowest BCUT2D eigenvalue weighted by Gasteiger charge is -2.23. The molecule has 0 aliphatic heterocycles. The first-order chi connectivity index (χ1) is 11.8. The molecule has 0 spiro atoms. The highest BCUT2D eigenvalue weighted by atomic mass is 32.2. The van der Waals surface area contributed by atoms with Crippen LogP contribution < -0.4 is 5.32 Å². The van der Waals surface area contributed by atoms with E-state index in [1.807, 2.05) is 25.8 Å². The molecule has 0 aromatic heterocycles. The molecule has 1 unspecified atom stereocenters. The molecule has 0 aliphatic rings. The number of nitrogens with one attached hydrogen (secondary N) is 1. The first-order valence-electron chi connectivity index (χ1n) is 8.86. The minimum Gasteiger partial charge on any atom is -0.325 e. The number of benzene rings is 1. The Kier molecular flexibility index (Phi) is 8.55. The van der Waals surface area contributed by atoms with E-state index in [0.29, 0.717) is 31.4 Å². The number of hydrogen-bond donors (Lipinski definition) is 1. The number of carbonyl (C=O) groups is 1. The number of likely N-dealkylation sites (N-methyl/N-ethyl adjacent to an activating group) is 1. The van der Waals surface area contributed by atoms with E-state index < -0.39 is 10.0 Å². The summed E-state index contributed by atoms with van der Waals surface area (Å²) in [5, 5.41) is 2.82. The maximum absolute atomic E-state index is 12.4. The van der Waals surface area contributed by atoms with Crippen molar-refractivity contribution >= 4 is 21.6 Å². The number of carbonyl (C=O) groups excluding carboxylic acids is 1. The van der Waals surface area contributed by atoms with Crippen molar-refractivity contribution < 1.29 is 13.2 Å². The van der Waals surface area contributed by atoms with Crippen LogP contribution in [-0.2, 0) is 14.8 Å². The second-order valence-corrected chi connectivity index (χ2v) is 8.15. The van der Waals surface area contributed by atoms with Gasteiger partial charge in [-0.05, 0) is 44.7 Å². The molecular weight excluding hydrogens is 338 g/mol. The lowest BCUT2D eigenvalue weighted by molar-refractivity contribution is -0.117. The molecule has 0 aliphatic carbocycles. The molecule has 0 bridgehead atoms. The van der Waals surface area contributed by atoms with Gasteiger partial charge in [-0.25, -0.2) is 8.42 Å². The van der Waals surface area contributed by atoms with Gasteiger partial charge in [-0.3, -0.25) is 9.69 Å². The van der Waals surface area contributed by atoms with Gasteiger partial charge in [0.25, 0.3) is 0 Å². The normalized spacial score (nSPS) is 13.2. The van der Waals surface area contributed by atoms with E-state index in [-0.39, 0.29) is 10.8 Å². The molecule has 1 rings (SSSR count). The SMILES string of the molecule is CCCC(C)N(C)CC(=O)Nc1ccc(S(=O)(=O)N(CC)CC)cc1. The topological polar surface area (TPSA) is 69.7 Å². The van der Waals surface area contributed by atoms with Crippen molar-refractivity contribution in [2.45, 2.75) is 51.5 Å². The zero-order valence-electron chi connectivity index (χ0n) is 15.9. The average Bonchev–Trinajstić information content (AvgIpc) is 2.56. The van der Waals surface area contributed by atoms with E-state index in [9.17, 15) is 13.2 Å². The number of sulfonamides is 1. The molecule has 1 atom stereocenters. The highest BCUT2D eigenvalue weighted by Gasteiger charge is 2.21. The van der Waals surface area contributed by atoms with Crippen molar-refractivity contribution in [1.82, 2.24) is 9.21 Å². The highest BCUT2D eigenvalue weighted by Crippen LogP contribution is 2.18. The van der Waals surface area contributed by atoms with Gasteiger partial charge >= 0.3 is 0 Å². The molecular formula is C18H31N3O3S. The predicted octanol–water partition coefficient (Wildman–Crippen LogP) is 2.78. The summed E-state index contributed by atoms with van der Waals surface area (Å²) >= 11 is 0. The van der Waals surface area contributed by atoms with E-state index in [2.05, 4.69) is 19.2 Å². The zero-order valence-corrected chi connectivity index (χ0v) is 16.8. The summed E-state index contributed by atoms with van der Waals surface area (Å²) in [6, 6.07) is 6.67. The first-order valence-corrected chi connectivity index (χ1v) is 10.3. The van der Waals surface area contributed by atoms with Crippen LogP contribution in [0.4, 0.5) is 5.69 Å². The largest absolute Gasteiger partial charge is 0.325 e. The Hall–Kier alpha value is -1.44. The Morgan fingerprint density at radius 2 is 1.68 bits per heavy atom. The first kappa shape index (κ1) is 21.6. The molecule has 1 amide bonds. The van der Waals surface area contributed by atoms with E-state index in [1.165, 1.54) is 16.4 Å². The molecule has 6 nitrogen and oxygen atoms in total. The van der Waals surface area contributed by atoms with Gasteiger partial charge in [-0.2, -0.15) is 4.31 Å². The second-order valence-electron chi connectivity index (χ2n) is 6.21. The van der Waals surface area contributed by atoms with Gasteiger partial charge in [0.2, 0.25) is 15.9 Å². The van der Waals surface area contributed by atoms with Crippen molar-refractivity contribution in [3.8, 4) is 0 Å². The summed E-state index contributed by atoms with van der Waals surface area (Å²) in [4.78, 5) is 14.4. The summed E-state index contributed by atoms with van der Waals surface area (Å²) < 4.78 is 26.3. The Labute approximate surface area is 152 Å². The van der Waals surface area contributed by atoms with E-state index in [0.717, 1.165) is 12.8 Å². The van der Waals surface area contributed by atoms with Crippen LogP contribution in [-0.4, -0.2) is 56.3 Å². The quantitative estimate of drug-likeness (QED) is 0.688. The molecule has 1 aromatic rings. The van der Waals surface area contributed by atoms with Gasteiger partial charge in [0.05, 0.1) is 11.4 Å². The van der Waals surface area contributed by atoms with E-state index >= 15 is 0 Å². The van der Waals surface area contributed by atoms with Crippen molar-refractivity contribution in [1.29, 1.82) is 0 Å². The average molecular weight is 370 g/mol. The molecule has 1 aromatic carbocycles. The van der Waals surface area contributed by atoms with Crippen LogP contribution in [0, 0.1) is 0 Å². The molecule has 0 fully saturated rings. The van der Waals surface area contributed by atoms with Crippen LogP contribution >= 0.6 is 0 Å². The molecule has 0 saturated heterocycles. The summed E-state index contributed by atoms with van der Waals surface area (Å²) in [5.74, 6) is -0.107. The number of rotatable bonds is 10. The predicted molar refractivity (Wildman–Crippen MR) is 102 cm³/mol. The third kappa shape index (κ3) is 6.09. The Balaban J connectivity index is 2.73. The van der Waals surface area contributed by atoms with Gasteiger partial charge < -0.3 is 5.32 Å².